The first-order valence-corrected chi connectivity index (χ1v) is 16.3. The van der Waals surface area contributed by atoms with Crippen molar-refractivity contribution in [2.45, 2.75) is 36.6 Å². The number of carbonyl (C=O) groups is 2. The van der Waals surface area contributed by atoms with E-state index >= 15 is 0 Å². The van der Waals surface area contributed by atoms with Crippen molar-refractivity contribution in [1.29, 1.82) is 0 Å². The predicted molar refractivity (Wildman–Crippen MR) is 162 cm³/mol. The van der Waals surface area contributed by atoms with Gasteiger partial charge in [0.2, 0.25) is 5.91 Å². The average Bonchev–Trinajstić information content (AvgIpc) is 3.72. The molecular weight excluding hydrogens is 574 g/mol. The number of piperidine rings is 1. The average molecular weight is 612 g/mol. The minimum absolute atomic E-state index is 0. The second-order valence-electron chi connectivity index (χ2n) is 11.9. The lowest BCUT2D eigenvalue weighted by atomic mass is 9.76. The largest absolute Gasteiger partial charge is 0.459 e. The molecule has 0 bridgehead atoms. The van der Waals surface area contributed by atoms with Crippen molar-refractivity contribution in [3.05, 3.63) is 89.9 Å². The van der Waals surface area contributed by atoms with E-state index in [0.717, 1.165) is 51.0 Å². The highest BCUT2D eigenvalue weighted by Crippen LogP contribution is 2.43. The minimum Gasteiger partial charge on any atom is -0.459 e. The maximum absolute atomic E-state index is 13.6. The van der Waals surface area contributed by atoms with Crippen LogP contribution in [0.5, 0.6) is 0 Å². The van der Waals surface area contributed by atoms with Gasteiger partial charge in [0.1, 0.15) is 0 Å². The molecule has 1 aromatic heterocycles. The Kier molecular flexibility index (Phi) is 8.83. The lowest BCUT2D eigenvalue weighted by Crippen LogP contribution is -2.46. The monoisotopic (exact) mass is 611 g/mol. The smallest absolute Gasteiger partial charge is 0.289 e. The van der Waals surface area contributed by atoms with E-state index in [-0.39, 0.29) is 35.6 Å². The molecule has 3 aliphatic rings. The third kappa shape index (κ3) is 6.14. The van der Waals surface area contributed by atoms with Crippen LogP contribution in [0.1, 0.15) is 46.9 Å². The summed E-state index contributed by atoms with van der Waals surface area (Å²) in [5.74, 6) is 1.11. The molecular formula is C32H38ClN3O5S. The minimum atomic E-state index is -3.24. The van der Waals surface area contributed by atoms with Gasteiger partial charge in [-0.2, -0.15) is 0 Å². The highest BCUT2D eigenvalue weighted by molar-refractivity contribution is 7.90. The Balaban J connectivity index is 0.00000353. The number of hydrogen-bond donors (Lipinski definition) is 0. The summed E-state index contributed by atoms with van der Waals surface area (Å²) in [6.07, 6.45) is 5.29. The summed E-state index contributed by atoms with van der Waals surface area (Å²) in [6, 6.07) is 20.8. The van der Waals surface area contributed by atoms with Crippen molar-refractivity contribution < 1.29 is 22.4 Å². The fourth-order valence-electron chi connectivity index (χ4n) is 6.92. The van der Waals surface area contributed by atoms with Gasteiger partial charge in [0.25, 0.3) is 5.91 Å². The highest BCUT2D eigenvalue weighted by atomic mass is 35.5. The topological polar surface area (TPSA) is 91.1 Å². The molecule has 2 atom stereocenters. The Morgan fingerprint density at radius 3 is 2.26 bits per heavy atom. The normalized spacial score (nSPS) is 22.5. The number of rotatable bonds is 7. The van der Waals surface area contributed by atoms with E-state index in [9.17, 15) is 18.0 Å². The molecule has 3 saturated heterocycles. The predicted octanol–water partition coefficient (Wildman–Crippen LogP) is 4.48. The molecule has 1 spiro atoms. The molecule has 0 N–H and O–H groups in total. The van der Waals surface area contributed by atoms with E-state index in [1.54, 1.807) is 30.5 Å². The molecule has 224 valence electrons. The van der Waals surface area contributed by atoms with Gasteiger partial charge in [-0.05, 0) is 73.7 Å². The number of hydrogen-bond acceptors (Lipinski definition) is 6. The summed E-state index contributed by atoms with van der Waals surface area (Å²) in [5, 5.41) is 0. The summed E-state index contributed by atoms with van der Waals surface area (Å²) in [5.41, 5.74) is 1.90. The van der Waals surface area contributed by atoms with Crippen molar-refractivity contribution >= 4 is 34.1 Å². The second kappa shape index (κ2) is 12.2. The van der Waals surface area contributed by atoms with E-state index in [1.807, 2.05) is 28.0 Å². The van der Waals surface area contributed by atoms with Gasteiger partial charge in [-0.15, -0.1) is 12.4 Å². The van der Waals surface area contributed by atoms with E-state index in [1.165, 1.54) is 11.8 Å². The van der Waals surface area contributed by atoms with Crippen molar-refractivity contribution in [3.63, 3.8) is 0 Å². The van der Waals surface area contributed by atoms with Crippen LogP contribution >= 0.6 is 12.4 Å². The lowest BCUT2D eigenvalue weighted by Gasteiger charge is -2.39. The van der Waals surface area contributed by atoms with Crippen LogP contribution < -0.4 is 0 Å². The molecule has 0 radical (unpaired) electrons. The van der Waals surface area contributed by atoms with Crippen LogP contribution in [0.3, 0.4) is 0 Å². The van der Waals surface area contributed by atoms with Gasteiger partial charge in [-0.1, -0.05) is 42.5 Å². The number of sulfone groups is 1. The molecule has 3 aliphatic heterocycles. The van der Waals surface area contributed by atoms with Gasteiger partial charge in [0.15, 0.2) is 15.6 Å². The molecule has 0 aliphatic carbocycles. The van der Waals surface area contributed by atoms with Crippen LogP contribution in [0.4, 0.5) is 0 Å². The van der Waals surface area contributed by atoms with E-state index in [0.29, 0.717) is 36.2 Å². The fraction of sp³-hybridized carbons (Fsp3) is 0.438. The quantitative estimate of drug-likeness (QED) is 0.391. The zero-order valence-electron chi connectivity index (χ0n) is 23.9. The number of carbonyl (C=O) groups excluding carboxylic acids is 2. The number of halogens is 1. The zero-order valence-corrected chi connectivity index (χ0v) is 25.5. The second-order valence-corrected chi connectivity index (χ2v) is 14.0. The highest BCUT2D eigenvalue weighted by Gasteiger charge is 2.48. The molecule has 6 rings (SSSR count). The fourth-order valence-corrected chi connectivity index (χ4v) is 7.55. The molecule has 0 unspecified atom stereocenters. The molecule has 42 heavy (non-hydrogen) atoms. The Bertz CT molecular complexity index is 1490. The Labute approximate surface area is 254 Å². The third-order valence-corrected chi connectivity index (χ3v) is 10.4. The SMILES string of the molecule is CS(=O)(=O)c1ccc(CN2CCC3(CCN(C[C@H]4CN(C(=O)c5ccco5)C[C@@H]4c4ccccc4)CC3)C2=O)cc1.Cl. The van der Waals surface area contributed by atoms with Crippen LogP contribution in [0.15, 0.2) is 82.3 Å². The van der Waals surface area contributed by atoms with E-state index in [4.69, 9.17) is 4.42 Å². The molecule has 2 aromatic carbocycles. The molecule has 4 heterocycles. The molecule has 2 amide bonds. The first kappa shape index (κ1) is 30.3. The van der Waals surface area contributed by atoms with Gasteiger partial charge in [-0.25, -0.2) is 8.42 Å². The Morgan fingerprint density at radius 1 is 0.929 bits per heavy atom. The van der Waals surface area contributed by atoms with Gasteiger partial charge < -0.3 is 19.1 Å². The lowest BCUT2D eigenvalue weighted by molar-refractivity contribution is -0.139. The van der Waals surface area contributed by atoms with Crippen LogP contribution in [0.25, 0.3) is 0 Å². The third-order valence-electron chi connectivity index (χ3n) is 9.32. The summed E-state index contributed by atoms with van der Waals surface area (Å²) in [6.45, 7) is 5.22. The molecule has 3 fully saturated rings. The van der Waals surface area contributed by atoms with E-state index < -0.39 is 9.84 Å². The van der Waals surface area contributed by atoms with Crippen molar-refractivity contribution in [2.75, 3.05) is 45.5 Å². The van der Waals surface area contributed by atoms with Gasteiger partial charge in [0, 0.05) is 44.9 Å². The zero-order chi connectivity index (χ0) is 28.6. The van der Waals surface area contributed by atoms with Crippen LogP contribution in [0, 0.1) is 11.3 Å². The van der Waals surface area contributed by atoms with Crippen LogP contribution in [0.2, 0.25) is 0 Å². The molecule has 0 saturated carbocycles. The number of nitrogens with zero attached hydrogens (tertiary/aromatic N) is 3. The summed E-state index contributed by atoms with van der Waals surface area (Å²) in [4.78, 5) is 33.3. The van der Waals surface area contributed by atoms with Crippen molar-refractivity contribution in [1.82, 2.24) is 14.7 Å². The first-order chi connectivity index (χ1) is 19.7. The maximum Gasteiger partial charge on any atom is 0.289 e. The summed E-state index contributed by atoms with van der Waals surface area (Å²) in [7, 11) is -3.24. The van der Waals surface area contributed by atoms with Crippen molar-refractivity contribution in [2.24, 2.45) is 11.3 Å². The maximum atomic E-state index is 13.6. The standard InChI is InChI=1S/C32H37N3O5S.ClH/c1-41(38,39)27-11-9-24(10-12-27)20-34-18-15-32(31(34)37)13-16-33(17-14-32)21-26-22-35(30(36)29-8-5-19-40-29)23-28(26)25-6-3-2-4-7-25;/h2-12,19,26,28H,13-18,20-23H2,1H3;1H/t26-,28+;/m0./s1. The Morgan fingerprint density at radius 2 is 1.62 bits per heavy atom. The number of benzene rings is 2. The van der Waals surface area contributed by atoms with Crippen LogP contribution in [-0.4, -0.2) is 80.5 Å². The van der Waals surface area contributed by atoms with E-state index in [2.05, 4.69) is 29.2 Å². The number of likely N-dealkylation sites (tertiary alicyclic amines) is 3. The van der Waals surface area contributed by atoms with Gasteiger partial charge in [-0.3, -0.25) is 9.59 Å². The van der Waals surface area contributed by atoms with Gasteiger partial charge in [0.05, 0.1) is 16.6 Å². The first-order valence-electron chi connectivity index (χ1n) is 14.4. The van der Waals surface area contributed by atoms with Gasteiger partial charge >= 0.3 is 0 Å². The molecule has 3 aromatic rings. The number of amides is 2. The Hall–Kier alpha value is -3.14. The summed E-state index contributed by atoms with van der Waals surface area (Å²) >= 11 is 0. The number of furan rings is 1. The van der Waals surface area contributed by atoms with Crippen LogP contribution in [-0.2, 0) is 21.2 Å². The van der Waals surface area contributed by atoms with Crippen molar-refractivity contribution in [3.8, 4) is 0 Å². The summed E-state index contributed by atoms with van der Waals surface area (Å²) < 4.78 is 28.9. The molecule has 8 nitrogen and oxygen atoms in total. The molecule has 10 heteroatoms.